The van der Waals surface area contributed by atoms with Gasteiger partial charge in [-0.2, -0.15) is 0 Å². The first-order valence-corrected chi connectivity index (χ1v) is 10.2. The van der Waals surface area contributed by atoms with Gasteiger partial charge < -0.3 is 20.1 Å². The van der Waals surface area contributed by atoms with Crippen LogP contribution in [0.2, 0.25) is 0 Å². The van der Waals surface area contributed by atoms with Crippen molar-refractivity contribution in [2.45, 2.75) is 63.2 Å². The van der Waals surface area contributed by atoms with Crippen molar-refractivity contribution in [3.05, 3.63) is 22.4 Å². The van der Waals surface area contributed by atoms with Gasteiger partial charge in [-0.05, 0) is 31.2 Å². The highest BCUT2D eigenvalue weighted by molar-refractivity contribution is 7.10. The number of piperidine rings is 1. The Morgan fingerprint density at radius 3 is 2.77 bits per heavy atom. The number of aliphatic hydroxyl groups excluding tert-OH is 1. The molecule has 2 aliphatic heterocycles. The van der Waals surface area contributed by atoms with Crippen molar-refractivity contribution in [2.75, 3.05) is 19.7 Å². The van der Waals surface area contributed by atoms with E-state index < -0.39 is 11.6 Å². The lowest BCUT2D eigenvalue weighted by atomic mass is 9.74. The lowest BCUT2D eigenvalue weighted by molar-refractivity contribution is -0.182. The summed E-state index contributed by atoms with van der Waals surface area (Å²) in [5, 5.41) is 15.3. The van der Waals surface area contributed by atoms with Gasteiger partial charge in [-0.25, -0.2) is 0 Å². The van der Waals surface area contributed by atoms with E-state index in [1.165, 1.54) is 0 Å². The van der Waals surface area contributed by atoms with E-state index in [0.29, 0.717) is 32.4 Å². The van der Waals surface area contributed by atoms with Crippen molar-refractivity contribution < 1.29 is 19.4 Å². The summed E-state index contributed by atoms with van der Waals surface area (Å²) in [6.07, 6.45) is 2.15. The standard InChI is InChI=1S/C19H28N2O4S/c1-3-16(23)20-18(2)13-19(25-12-15(18)22)6-8-21(9-7-19)17(24)11-14-5-4-10-26-14/h4-5,10,15,22H,3,6-9,11-13H2,1-2H3,(H,20,23)/t15-,18-/m0/s1. The van der Waals surface area contributed by atoms with Crippen LogP contribution in [0.15, 0.2) is 17.5 Å². The molecule has 2 amide bonds. The molecule has 3 heterocycles. The fraction of sp³-hybridized carbons (Fsp3) is 0.684. The molecule has 0 unspecified atom stereocenters. The van der Waals surface area contributed by atoms with E-state index in [1.807, 2.05) is 29.3 Å². The molecule has 2 fully saturated rings. The van der Waals surface area contributed by atoms with E-state index in [0.717, 1.165) is 17.7 Å². The molecule has 1 spiro atoms. The minimum Gasteiger partial charge on any atom is -0.388 e. The van der Waals surface area contributed by atoms with Gasteiger partial charge in [0.05, 0.1) is 24.2 Å². The Morgan fingerprint density at radius 1 is 1.42 bits per heavy atom. The highest BCUT2D eigenvalue weighted by Gasteiger charge is 2.50. The van der Waals surface area contributed by atoms with Gasteiger partial charge in [-0.1, -0.05) is 13.0 Å². The van der Waals surface area contributed by atoms with Crippen LogP contribution in [0.5, 0.6) is 0 Å². The highest BCUT2D eigenvalue weighted by Crippen LogP contribution is 2.39. The fourth-order valence-corrected chi connectivity index (χ4v) is 4.67. The van der Waals surface area contributed by atoms with Crippen molar-refractivity contribution in [1.82, 2.24) is 10.2 Å². The molecule has 144 valence electrons. The minimum atomic E-state index is -0.720. The van der Waals surface area contributed by atoms with Crippen molar-refractivity contribution in [1.29, 1.82) is 0 Å². The topological polar surface area (TPSA) is 78.9 Å². The molecule has 26 heavy (non-hydrogen) atoms. The predicted molar refractivity (Wildman–Crippen MR) is 100.0 cm³/mol. The van der Waals surface area contributed by atoms with Crippen LogP contribution in [0.25, 0.3) is 0 Å². The van der Waals surface area contributed by atoms with E-state index in [4.69, 9.17) is 4.74 Å². The third-order valence-electron chi connectivity index (χ3n) is 5.65. The predicted octanol–water partition coefficient (Wildman–Crippen LogP) is 1.72. The number of likely N-dealkylation sites (tertiary alicyclic amines) is 1. The van der Waals surface area contributed by atoms with Crippen molar-refractivity contribution in [2.24, 2.45) is 0 Å². The highest BCUT2D eigenvalue weighted by atomic mass is 32.1. The third-order valence-corrected chi connectivity index (χ3v) is 6.53. The number of carbonyl (C=O) groups excluding carboxylic acids is 2. The van der Waals surface area contributed by atoms with Crippen LogP contribution in [-0.4, -0.2) is 58.8 Å². The van der Waals surface area contributed by atoms with E-state index in [2.05, 4.69) is 5.32 Å². The molecule has 0 aromatic carbocycles. The van der Waals surface area contributed by atoms with Gasteiger partial charge in [0.25, 0.3) is 0 Å². The van der Waals surface area contributed by atoms with Gasteiger partial charge >= 0.3 is 0 Å². The molecule has 2 saturated heterocycles. The maximum atomic E-state index is 12.5. The van der Waals surface area contributed by atoms with E-state index in [9.17, 15) is 14.7 Å². The van der Waals surface area contributed by atoms with Gasteiger partial charge in [-0.15, -0.1) is 11.3 Å². The quantitative estimate of drug-likeness (QED) is 0.834. The zero-order valence-electron chi connectivity index (χ0n) is 15.5. The number of carbonyl (C=O) groups is 2. The second-order valence-electron chi connectivity index (χ2n) is 7.64. The smallest absolute Gasteiger partial charge is 0.227 e. The molecule has 0 bridgehead atoms. The maximum absolute atomic E-state index is 12.5. The summed E-state index contributed by atoms with van der Waals surface area (Å²) in [5.41, 5.74) is -1.07. The summed E-state index contributed by atoms with van der Waals surface area (Å²) in [6, 6.07) is 3.95. The van der Waals surface area contributed by atoms with Crippen LogP contribution in [0.1, 0.15) is 44.4 Å². The number of amides is 2. The second-order valence-corrected chi connectivity index (χ2v) is 8.67. The normalized spacial score (nSPS) is 28.1. The van der Waals surface area contributed by atoms with Crippen molar-refractivity contribution in [3.63, 3.8) is 0 Å². The largest absolute Gasteiger partial charge is 0.388 e. The molecule has 0 saturated carbocycles. The minimum absolute atomic E-state index is 0.0628. The summed E-state index contributed by atoms with van der Waals surface area (Å²) in [4.78, 5) is 27.4. The number of hydrogen-bond donors (Lipinski definition) is 2. The SMILES string of the molecule is CCC(=O)N[C@@]1(C)CC2(CCN(C(=O)Cc3cccs3)CC2)OC[C@@H]1O. The third kappa shape index (κ3) is 4.10. The summed E-state index contributed by atoms with van der Waals surface area (Å²) >= 11 is 1.60. The molecule has 7 heteroatoms. The van der Waals surface area contributed by atoms with Crippen LogP contribution in [0, 0.1) is 0 Å². The van der Waals surface area contributed by atoms with E-state index >= 15 is 0 Å². The first-order chi connectivity index (χ1) is 12.4. The van der Waals surface area contributed by atoms with Gasteiger partial charge in [0, 0.05) is 30.8 Å². The lowest BCUT2D eigenvalue weighted by Gasteiger charge is -2.52. The van der Waals surface area contributed by atoms with Gasteiger partial charge in [0.2, 0.25) is 11.8 Å². The van der Waals surface area contributed by atoms with Crippen molar-refractivity contribution in [3.8, 4) is 0 Å². The number of nitrogens with zero attached hydrogens (tertiary/aromatic N) is 1. The molecule has 3 rings (SSSR count). The second kappa shape index (κ2) is 7.66. The van der Waals surface area contributed by atoms with Crippen LogP contribution >= 0.6 is 11.3 Å². The molecule has 1 aromatic heterocycles. The van der Waals surface area contributed by atoms with Crippen LogP contribution < -0.4 is 5.32 Å². The van der Waals surface area contributed by atoms with E-state index in [-0.39, 0.29) is 24.0 Å². The molecule has 1 aromatic rings. The first-order valence-electron chi connectivity index (χ1n) is 9.29. The number of thiophene rings is 1. The van der Waals surface area contributed by atoms with Crippen LogP contribution in [-0.2, 0) is 20.7 Å². The Morgan fingerprint density at radius 2 is 2.15 bits per heavy atom. The van der Waals surface area contributed by atoms with E-state index in [1.54, 1.807) is 18.3 Å². The molecule has 6 nitrogen and oxygen atoms in total. The molecular formula is C19H28N2O4S. The number of rotatable bonds is 4. The van der Waals surface area contributed by atoms with Crippen LogP contribution in [0.3, 0.4) is 0 Å². The monoisotopic (exact) mass is 380 g/mol. The molecule has 2 atom stereocenters. The summed E-state index contributed by atoms with van der Waals surface area (Å²) in [5.74, 6) is 0.0901. The number of aliphatic hydroxyl groups is 1. The van der Waals surface area contributed by atoms with Crippen molar-refractivity contribution >= 4 is 23.2 Å². The maximum Gasteiger partial charge on any atom is 0.227 e. The zero-order chi connectivity index (χ0) is 18.8. The molecule has 0 radical (unpaired) electrons. The van der Waals surface area contributed by atoms with Gasteiger partial charge in [0.15, 0.2) is 0 Å². The number of hydrogen-bond acceptors (Lipinski definition) is 5. The summed E-state index contributed by atoms with van der Waals surface area (Å²) < 4.78 is 6.03. The molecular weight excluding hydrogens is 352 g/mol. The zero-order valence-corrected chi connectivity index (χ0v) is 16.3. The average molecular weight is 381 g/mol. The Kier molecular flexibility index (Phi) is 5.69. The molecule has 2 aliphatic rings. The average Bonchev–Trinajstić information content (AvgIpc) is 3.12. The number of ether oxygens (including phenoxy) is 1. The lowest BCUT2D eigenvalue weighted by Crippen LogP contribution is -2.65. The molecule has 0 aliphatic carbocycles. The number of nitrogens with one attached hydrogen (secondary N) is 1. The Bertz CT molecular complexity index is 640. The summed E-state index contributed by atoms with van der Waals surface area (Å²) in [7, 11) is 0. The summed E-state index contributed by atoms with van der Waals surface area (Å²) in [6.45, 7) is 5.21. The van der Waals surface area contributed by atoms with Gasteiger partial charge in [-0.3, -0.25) is 9.59 Å². The Hall–Kier alpha value is -1.44. The Balaban J connectivity index is 1.60. The van der Waals surface area contributed by atoms with Crippen LogP contribution in [0.4, 0.5) is 0 Å². The fourth-order valence-electron chi connectivity index (χ4n) is 3.97. The van der Waals surface area contributed by atoms with Gasteiger partial charge in [0.1, 0.15) is 6.10 Å². The molecule has 2 N–H and O–H groups in total. The Labute approximate surface area is 158 Å². The first kappa shape index (κ1) is 19.3.